The molecule has 0 saturated carbocycles. The molecular weight excluding hydrogens is 196 g/mol. The van der Waals surface area contributed by atoms with E-state index in [1.165, 1.54) is 7.11 Å². The topological polar surface area (TPSA) is 59.5 Å². The minimum absolute atomic E-state index is 0.422. The average molecular weight is 207 g/mol. The van der Waals surface area contributed by atoms with Crippen molar-refractivity contribution in [1.82, 2.24) is 14.6 Å². The van der Waals surface area contributed by atoms with Crippen LogP contribution in [0.25, 0.3) is 5.65 Å². The monoisotopic (exact) mass is 207 g/mol. The number of nitrogens with zero attached hydrogens (tertiary/aromatic N) is 4. The van der Waals surface area contributed by atoms with Crippen LogP contribution in [0.1, 0.15) is 11.4 Å². The predicted octanol–water partition coefficient (Wildman–Crippen LogP) is 1.32. The Kier molecular flexibility index (Phi) is 2.11. The summed E-state index contributed by atoms with van der Waals surface area (Å²) < 4.78 is 1.76. The lowest BCUT2D eigenvalue weighted by atomic mass is 10.3. The maximum absolute atomic E-state index is 11.3. The Hall–Kier alpha value is -1.98. The van der Waals surface area contributed by atoms with Crippen LogP contribution in [0.4, 0.5) is 5.69 Å². The molecule has 0 amide bonds. The van der Waals surface area contributed by atoms with Gasteiger partial charge < -0.3 is 0 Å². The highest BCUT2D eigenvalue weighted by Gasteiger charge is 2.18. The van der Waals surface area contributed by atoms with Gasteiger partial charge in [0.15, 0.2) is 12.8 Å². The second-order valence-electron chi connectivity index (χ2n) is 3.26. The summed E-state index contributed by atoms with van der Waals surface area (Å²) in [4.78, 5) is 16.3. The third-order valence-corrected chi connectivity index (χ3v) is 2.22. The van der Waals surface area contributed by atoms with Crippen LogP contribution in [0, 0.1) is 18.8 Å². The molecule has 6 nitrogen and oxygen atoms in total. The van der Waals surface area contributed by atoms with Crippen molar-refractivity contribution >= 4 is 11.3 Å². The smallest absolute Gasteiger partial charge is 0.279 e. The summed E-state index contributed by atoms with van der Waals surface area (Å²) in [5.74, 6) is 0.736. The molecule has 0 aliphatic rings. The first-order valence-corrected chi connectivity index (χ1v) is 4.47. The van der Waals surface area contributed by atoms with E-state index in [2.05, 4.69) is 15.0 Å². The summed E-state index contributed by atoms with van der Waals surface area (Å²) in [5, 5.41) is 7.93. The van der Waals surface area contributed by atoms with Crippen molar-refractivity contribution in [2.45, 2.75) is 13.8 Å². The number of aromatic nitrogens is 3. The molecule has 0 radical (unpaired) electrons. The van der Waals surface area contributed by atoms with Crippen LogP contribution in [0.2, 0.25) is 0 Å². The largest absolute Gasteiger partial charge is 0.333 e. The van der Waals surface area contributed by atoms with E-state index in [-0.39, 0.29) is 0 Å². The summed E-state index contributed by atoms with van der Waals surface area (Å²) in [7, 11) is 1.32. The molecule has 2 rings (SSSR count). The van der Waals surface area contributed by atoms with E-state index in [1.807, 2.05) is 13.8 Å². The number of rotatable bonds is 2. The normalized spacial score (nSPS) is 10.6. The van der Waals surface area contributed by atoms with E-state index in [0.29, 0.717) is 10.6 Å². The number of hydrogen-bond donors (Lipinski definition) is 0. The molecule has 0 unspecified atom stereocenters. The molecule has 0 N–H and O–H groups in total. The van der Waals surface area contributed by atoms with Crippen LogP contribution in [-0.4, -0.2) is 26.6 Å². The maximum Gasteiger partial charge on any atom is 0.333 e. The summed E-state index contributed by atoms with van der Waals surface area (Å²) in [5.41, 5.74) is 2.05. The van der Waals surface area contributed by atoms with E-state index >= 15 is 0 Å². The molecule has 0 saturated heterocycles. The zero-order chi connectivity index (χ0) is 11.0. The minimum atomic E-state index is 0.422. The zero-order valence-corrected chi connectivity index (χ0v) is 8.76. The molecule has 6 heteroatoms. The molecule has 0 atom stereocenters. The van der Waals surface area contributed by atoms with Gasteiger partial charge in [-0.3, -0.25) is 4.40 Å². The lowest BCUT2D eigenvalue weighted by Gasteiger charge is -1.97. The first kappa shape index (κ1) is 9.57. The fraction of sp³-hybridized carbons (Fsp3) is 0.333. The van der Waals surface area contributed by atoms with Gasteiger partial charge in [-0.15, -0.1) is 10.2 Å². The molecule has 0 aromatic carbocycles. The SMILES string of the molecule is CO[N+](=O)c1cc(C)c2nnc(C)n2c1. The average Bonchev–Trinajstić information content (AvgIpc) is 2.60. The highest BCUT2D eigenvalue weighted by Crippen LogP contribution is 2.17. The van der Waals surface area contributed by atoms with Crippen molar-refractivity contribution in [2.24, 2.45) is 0 Å². The third kappa shape index (κ3) is 1.43. The molecule has 78 valence electrons. The lowest BCUT2D eigenvalue weighted by Crippen LogP contribution is -2.01. The summed E-state index contributed by atoms with van der Waals surface area (Å²) in [6.45, 7) is 3.70. The standard InChI is InChI=1S/C9H11N4O2/c1-6-4-8(13(14)15-3)5-12-7(2)10-11-9(6)12/h4-5H,1-3H3/q+1. The van der Waals surface area contributed by atoms with Gasteiger partial charge in [0, 0.05) is 11.6 Å². The molecule has 2 heterocycles. The predicted molar refractivity (Wildman–Crippen MR) is 52.8 cm³/mol. The number of fused-ring (bicyclic) bond motifs is 1. The first-order valence-electron chi connectivity index (χ1n) is 4.47. The van der Waals surface area contributed by atoms with Crippen LogP contribution >= 0.6 is 0 Å². The summed E-state index contributed by atoms with van der Waals surface area (Å²) in [6, 6.07) is 1.71. The van der Waals surface area contributed by atoms with Gasteiger partial charge in [0.2, 0.25) is 0 Å². The van der Waals surface area contributed by atoms with Crippen molar-refractivity contribution in [3.8, 4) is 0 Å². The number of aryl methyl sites for hydroxylation is 2. The molecule has 0 aliphatic heterocycles. The van der Waals surface area contributed by atoms with Crippen molar-refractivity contribution in [2.75, 3.05) is 7.11 Å². The van der Waals surface area contributed by atoms with E-state index in [9.17, 15) is 4.91 Å². The molecule has 2 aromatic heterocycles. The molecule has 0 spiro atoms. The van der Waals surface area contributed by atoms with Crippen molar-refractivity contribution < 1.29 is 9.76 Å². The van der Waals surface area contributed by atoms with Gasteiger partial charge in [-0.25, -0.2) is 4.84 Å². The van der Waals surface area contributed by atoms with Gasteiger partial charge in [0.25, 0.3) is 4.92 Å². The highest BCUT2D eigenvalue weighted by atomic mass is 16.8. The summed E-state index contributed by atoms with van der Waals surface area (Å²) >= 11 is 0. The minimum Gasteiger partial charge on any atom is -0.279 e. The Morgan fingerprint density at radius 2 is 2.13 bits per heavy atom. The van der Waals surface area contributed by atoms with Gasteiger partial charge in [-0.1, -0.05) is 0 Å². The Balaban J connectivity index is 2.70. The highest BCUT2D eigenvalue weighted by molar-refractivity contribution is 5.51. The van der Waals surface area contributed by atoms with Crippen molar-refractivity contribution in [3.63, 3.8) is 0 Å². The van der Waals surface area contributed by atoms with Crippen LogP contribution in [0.15, 0.2) is 12.3 Å². The second-order valence-corrected chi connectivity index (χ2v) is 3.26. The van der Waals surface area contributed by atoms with E-state index < -0.39 is 0 Å². The van der Waals surface area contributed by atoms with Crippen molar-refractivity contribution in [3.05, 3.63) is 28.6 Å². The third-order valence-electron chi connectivity index (χ3n) is 2.22. The lowest BCUT2D eigenvalue weighted by molar-refractivity contribution is -0.736. The Morgan fingerprint density at radius 1 is 1.40 bits per heavy atom. The Labute approximate surface area is 86.0 Å². The van der Waals surface area contributed by atoms with Gasteiger partial charge in [0.1, 0.15) is 5.82 Å². The molecule has 0 fully saturated rings. The Bertz CT molecular complexity index is 532. The van der Waals surface area contributed by atoms with Crippen molar-refractivity contribution in [1.29, 1.82) is 0 Å². The number of hydrogen-bond acceptors (Lipinski definition) is 4. The Morgan fingerprint density at radius 3 is 2.80 bits per heavy atom. The zero-order valence-electron chi connectivity index (χ0n) is 8.76. The van der Waals surface area contributed by atoms with Crippen LogP contribution in [0.3, 0.4) is 0 Å². The van der Waals surface area contributed by atoms with E-state index in [4.69, 9.17) is 0 Å². The number of pyridine rings is 1. The van der Waals surface area contributed by atoms with E-state index in [1.54, 1.807) is 16.7 Å². The fourth-order valence-corrected chi connectivity index (χ4v) is 1.45. The second kappa shape index (κ2) is 3.30. The van der Waals surface area contributed by atoms with Gasteiger partial charge in [-0.05, 0) is 13.8 Å². The van der Waals surface area contributed by atoms with E-state index in [0.717, 1.165) is 17.0 Å². The summed E-state index contributed by atoms with van der Waals surface area (Å²) in [6.07, 6.45) is 1.65. The van der Waals surface area contributed by atoms with Crippen LogP contribution in [-0.2, 0) is 4.84 Å². The van der Waals surface area contributed by atoms with Gasteiger partial charge in [-0.2, -0.15) is 0 Å². The van der Waals surface area contributed by atoms with Gasteiger partial charge >= 0.3 is 5.69 Å². The fourth-order valence-electron chi connectivity index (χ4n) is 1.45. The first-order chi connectivity index (χ1) is 7.13. The van der Waals surface area contributed by atoms with Crippen LogP contribution in [0.5, 0.6) is 0 Å². The molecular formula is C9H11N4O2+. The van der Waals surface area contributed by atoms with Gasteiger partial charge in [0.05, 0.1) is 11.1 Å². The maximum atomic E-state index is 11.3. The quantitative estimate of drug-likeness (QED) is 0.697. The molecule has 0 bridgehead atoms. The molecule has 2 aromatic rings. The molecule has 0 aliphatic carbocycles. The van der Waals surface area contributed by atoms with Crippen LogP contribution < -0.4 is 0 Å². The molecule has 15 heavy (non-hydrogen) atoms.